The van der Waals surface area contributed by atoms with Gasteiger partial charge < -0.3 is 5.73 Å². The summed E-state index contributed by atoms with van der Waals surface area (Å²) in [5.41, 5.74) is 11.5. The number of hydrogen-bond acceptors (Lipinski definition) is 4. The molecule has 0 aliphatic heterocycles. The predicted molar refractivity (Wildman–Crippen MR) is 97.5 cm³/mol. The third kappa shape index (κ3) is 2.21. The van der Waals surface area contributed by atoms with Gasteiger partial charge in [-0.15, -0.1) is 22.7 Å². The van der Waals surface area contributed by atoms with Gasteiger partial charge >= 0.3 is 0 Å². The van der Waals surface area contributed by atoms with E-state index in [9.17, 15) is 0 Å². The number of thiazole rings is 1. The first kappa shape index (κ1) is 13.5. The fourth-order valence-corrected chi connectivity index (χ4v) is 4.30. The Morgan fingerprint density at radius 2 is 1.73 bits per heavy atom. The molecule has 22 heavy (non-hydrogen) atoms. The second-order valence-electron chi connectivity index (χ2n) is 5.22. The van der Waals surface area contributed by atoms with Crippen LogP contribution >= 0.6 is 22.7 Å². The summed E-state index contributed by atoms with van der Waals surface area (Å²) < 4.78 is 1.08. The second-order valence-corrected chi connectivity index (χ2v) is 7.17. The third-order valence-electron chi connectivity index (χ3n) is 3.71. The third-order valence-corrected chi connectivity index (χ3v) is 5.79. The fraction of sp³-hybridized carbons (Fsp3) is 0.0556. The molecule has 0 saturated heterocycles. The first-order valence-electron chi connectivity index (χ1n) is 7.02. The van der Waals surface area contributed by atoms with Crippen LogP contribution in [0.25, 0.3) is 31.2 Å². The largest absolute Gasteiger partial charge is 0.398 e. The predicted octanol–water partition coefficient (Wildman–Crippen LogP) is 5.58. The minimum atomic E-state index is 0.805. The van der Waals surface area contributed by atoms with Gasteiger partial charge in [0.2, 0.25) is 0 Å². The molecule has 0 bridgehead atoms. The average molecular weight is 322 g/mol. The molecule has 0 amide bonds. The quantitative estimate of drug-likeness (QED) is 0.489. The van der Waals surface area contributed by atoms with Gasteiger partial charge in [-0.25, -0.2) is 4.98 Å². The van der Waals surface area contributed by atoms with Crippen molar-refractivity contribution in [1.29, 1.82) is 0 Å². The van der Waals surface area contributed by atoms with Crippen molar-refractivity contribution in [3.05, 3.63) is 59.5 Å². The summed E-state index contributed by atoms with van der Waals surface area (Å²) in [6.07, 6.45) is 0. The van der Waals surface area contributed by atoms with Crippen molar-refractivity contribution in [3.8, 4) is 21.0 Å². The monoisotopic (exact) mass is 322 g/mol. The molecule has 0 saturated carbocycles. The van der Waals surface area contributed by atoms with E-state index in [2.05, 4.69) is 48.7 Å². The normalized spacial score (nSPS) is 11.1. The molecule has 2 nitrogen and oxygen atoms in total. The molecule has 2 heterocycles. The fourth-order valence-electron chi connectivity index (χ4n) is 2.50. The maximum absolute atomic E-state index is 6.08. The molecule has 0 atom stereocenters. The van der Waals surface area contributed by atoms with E-state index in [1.807, 2.05) is 12.1 Å². The zero-order chi connectivity index (χ0) is 15.1. The number of rotatable bonds is 2. The number of thiophene rings is 1. The molecule has 2 aromatic heterocycles. The molecular weight excluding hydrogens is 308 g/mol. The Hall–Kier alpha value is -2.17. The molecule has 2 aromatic carbocycles. The Morgan fingerprint density at radius 3 is 2.41 bits per heavy atom. The van der Waals surface area contributed by atoms with E-state index < -0.39 is 0 Å². The topological polar surface area (TPSA) is 38.9 Å². The molecule has 4 aromatic rings. The van der Waals surface area contributed by atoms with Crippen LogP contribution in [0.2, 0.25) is 0 Å². The van der Waals surface area contributed by atoms with Crippen molar-refractivity contribution in [2.24, 2.45) is 0 Å². The molecule has 4 rings (SSSR count). The van der Waals surface area contributed by atoms with E-state index >= 15 is 0 Å². The summed E-state index contributed by atoms with van der Waals surface area (Å²) in [5, 5.41) is 3.12. The van der Waals surface area contributed by atoms with Crippen molar-refractivity contribution in [3.63, 3.8) is 0 Å². The van der Waals surface area contributed by atoms with Crippen LogP contribution < -0.4 is 5.73 Å². The SMILES string of the molecule is Cc1ccc(N)c2sc(-c3ccc(-c4cccs4)cc3)nc12. The standard InChI is InChI=1S/C18H14N2S2/c1-11-4-9-14(19)17-16(11)20-18(22-17)13-7-5-12(6-8-13)15-3-2-10-21-15/h2-10H,19H2,1H3. The summed E-state index contributed by atoms with van der Waals surface area (Å²) >= 11 is 3.42. The number of nitrogens with two attached hydrogens (primary N) is 1. The first-order chi connectivity index (χ1) is 10.7. The number of nitrogens with zero attached hydrogens (tertiary/aromatic N) is 1. The zero-order valence-electron chi connectivity index (χ0n) is 12.0. The van der Waals surface area contributed by atoms with E-state index in [1.165, 1.54) is 16.0 Å². The van der Waals surface area contributed by atoms with Gasteiger partial charge in [-0.05, 0) is 35.6 Å². The molecule has 0 fully saturated rings. The Labute approximate surface area is 136 Å². The minimum absolute atomic E-state index is 0.805. The van der Waals surface area contributed by atoms with Crippen molar-refractivity contribution in [2.45, 2.75) is 6.92 Å². The Bertz CT molecular complexity index is 896. The number of fused-ring (bicyclic) bond motifs is 1. The average Bonchev–Trinajstić information content (AvgIpc) is 3.21. The molecule has 4 heteroatoms. The van der Waals surface area contributed by atoms with Gasteiger partial charge in [0.05, 0.1) is 15.9 Å². The molecule has 0 spiro atoms. The minimum Gasteiger partial charge on any atom is -0.398 e. The molecule has 108 valence electrons. The lowest BCUT2D eigenvalue weighted by Crippen LogP contribution is -1.85. The van der Waals surface area contributed by atoms with Crippen molar-refractivity contribution in [2.75, 3.05) is 5.73 Å². The smallest absolute Gasteiger partial charge is 0.124 e. The van der Waals surface area contributed by atoms with E-state index in [4.69, 9.17) is 10.7 Å². The number of nitrogen functional groups attached to an aromatic ring is 1. The van der Waals surface area contributed by atoms with E-state index in [1.54, 1.807) is 22.7 Å². The number of aromatic nitrogens is 1. The number of anilines is 1. The summed E-state index contributed by atoms with van der Waals surface area (Å²) in [7, 11) is 0. The molecule has 2 N–H and O–H groups in total. The van der Waals surface area contributed by atoms with Crippen molar-refractivity contribution < 1.29 is 0 Å². The van der Waals surface area contributed by atoms with Crippen molar-refractivity contribution in [1.82, 2.24) is 4.98 Å². The van der Waals surface area contributed by atoms with Gasteiger partial charge in [-0.2, -0.15) is 0 Å². The van der Waals surface area contributed by atoms with Gasteiger partial charge in [0.15, 0.2) is 0 Å². The highest BCUT2D eigenvalue weighted by Crippen LogP contribution is 2.36. The number of aryl methyl sites for hydroxylation is 1. The highest BCUT2D eigenvalue weighted by molar-refractivity contribution is 7.22. The molecule has 0 radical (unpaired) electrons. The van der Waals surface area contributed by atoms with Crippen LogP contribution in [0.3, 0.4) is 0 Å². The van der Waals surface area contributed by atoms with Gasteiger partial charge in [0.25, 0.3) is 0 Å². The second kappa shape index (κ2) is 5.23. The van der Waals surface area contributed by atoms with Gasteiger partial charge in [0, 0.05) is 10.4 Å². The van der Waals surface area contributed by atoms with Crippen LogP contribution in [0.1, 0.15) is 5.56 Å². The van der Waals surface area contributed by atoms with Crippen LogP contribution in [0.4, 0.5) is 5.69 Å². The first-order valence-corrected chi connectivity index (χ1v) is 8.72. The Morgan fingerprint density at radius 1 is 0.955 bits per heavy atom. The molecule has 0 aliphatic rings. The molecule has 0 unspecified atom stereocenters. The lowest BCUT2D eigenvalue weighted by atomic mass is 10.1. The lowest BCUT2D eigenvalue weighted by molar-refractivity contribution is 1.42. The number of benzene rings is 2. The Balaban J connectivity index is 1.79. The summed E-state index contributed by atoms with van der Waals surface area (Å²) in [4.78, 5) is 6.06. The van der Waals surface area contributed by atoms with Crippen LogP contribution in [-0.2, 0) is 0 Å². The van der Waals surface area contributed by atoms with Crippen molar-refractivity contribution >= 4 is 38.6 Å². The summed E-state index contributed by atoms with van der Waals surface area (Å²) in [6.45, 7) is 2.07. The zero-order valence-corrected chi connectivity index (χ0v) is 13.7. The molecular formula is C18H14N2S2. The lowest BCUT2D eigenvalue weighted by Gasteiger charge is -1.99. The Kier molecular flexibility index (Phi) is 3.21. The van der Waals surface area contributed by atoms with Crippen LogP contribution in [0.5, 0.6) is 0 Å². The van der Waals surface area contributed by atoms with Gasteiger partial charge in [-0.1, -0.05) is 36.4 Å². The summed E-state index contributed by atoms with van der Waals surface area (Å²) in [6, 6.07) is 16.8. The highest BCUT2D eigenvalue weighted by Gasteiger charge is 2.10. The summed E-state index contributed by atoms with van der Waals surface area (Å²) in [5.74, 6) is 0. The van der Waals surface area contributed by atoms with E-state index in [0.29, 0.717) is 0 Å². The maximum Gasteiger partial charge on any atom is 0.124 e. The molecule has 0 aliphatic carbocycles. The van der Waals surface area contributed by atoms with Crippen LogP contribution in [0.15, 0.2) is 53.9 Å². The highest BCUT2D eigenvalue weighted by atomic mass is 32.1. The van der Waals surface area contributed by atoms with Crippen LogP contribution in [0, 0.1) is 6.92 Å². The maximum atomic E-state index is 6.08. The number of hydrogen-bond donors (Lipinski definition) is 1. The van der Waals surface area contributed by atoms with Gasteiger partial charge in [-0.3, -0.25) is 0 Å². The van der Waals surface area contributed by atoms with Gasteiger partial charge in [0.1, 0.15) is 5.01 Å². The van der Waals surface area contributed by atoms with E-state index in [0.717, 1.165) is 26.5 Å². The van der Waals surface area contributed by atoms with Crippen LogP contribution in [-0.4, -0.2) is 4.98 Å². The van der Waals surface area contributed by atoms with E-state index in [-0.39, 0.29) is 0 Å².